The molecule has 1 aliphatic heterocycles. The van der Waals surface area contributed by atoms with Crippen LogP contribution in [-0.2, 0) is 12.8 Å². The van der Waals surface area contributed by atoms with Crippen molar-refractivity contribution in [1.82, 2.24) is 20.2 Å². The van der Waals surface area contributed by atoms with Gasteiger partial charge in [0.05, 0.1) is 11.1 Å². The van der Waals surface area contributed by atoms with E-state index < -0.39 is 0 Å². The van der Waals surface area contributed by atoms with Crippen molar-refractivity contribution in [1.29, 1.82) is 0 Å². The van der Waals surface area contributed by atoms with Gasteiger partial charge in [-0.15, -0.1) is 0 Å². The Morgan fingerprint density at radius 1 is 1.14 bits per heavy atom. The first-order valence-corrected chi connectivity index (χ1v) is 7.17. The molecular formula is C15H16N6. The van der Waals surface area contributed by atoms with Crippen molar-refractivity contribution in [2.45, 2.75) is 12.8 Å². The molecule has 0 bridgehead atoms. The fourth-order valence-corrected chi connectivity index (χ4v) is 2.64. The number of hydrogen-bond donors (Lipinski definition) is 3. The Morgan fingerprint density at radius 3 is 2.95 bits per heavy atom. The second-order valence-electron chi connectivity index (χ2n) is 5.13. The maximum atomic E-state index is 4.54. The van der Waals surface area contributed by atoms with Crippen molar-refractivity contribution >= 4 is 22.8 Å². The molecule has 3 heterocycles. The SMILES string of the molecule is c1ccc(CCNc2nc3c4c(n[nH]c4n2)CCN3)cc1. The largest absolute Gasteiger partial charge is 0.369 e. The van der Waals surface area contributed by atoms with Gasteiger partial charge in [0.15, 0.2) is 5.65 Å². The molecule has 0 radical (unpaired) electrons. The Kier molecular flexibility index (Phi) is 2.92. The number of nitrogens with one attached hydrogen (secondary N) is 3. The third kappa shape index (κ3) is 2.29. The number of hydrogen-bond acceptors (Lipinski definition) is 5. The molecule has 3 N–H and O–H groups in total. The predicted molar refractivity (Wildman–Crippen MR) is 82.5 cm³/mol. The molecule has 4 rings (SSSR count). The van der Waals surface area contributed by atoms with Crippen LogP contribution in [0.2, 0.25) is 0 Å². The summed E-state index contributed by atoms with van der Waals surface area (Å²) in [6.45, 7) is 1.67. The minimum Gasteiger partial charge on any atom is -0.369 e. The van der Waals surface area contributed by atoms with E-state index in [0.717, 1.165) is 48.5 Å². The monoisotopic (exact) mass is 280 g/mol. The van der Waals surface area contributed by atoms with Crippen molar-refractivity contribution < 1.29 is 0 Å². The van der Waals surface area contributed by atoms with Gasteiger partial charge < -0.3 is 10.6 Å². The van der Waals surface area contributed by atoms with Crippen LogP contribution in [0.1, 0.15) is 11.3 Å². The van der Waals surface area contributed by atoms with Gasteiger partial charge in [0, 0.05) is 19.5 Å². The summed E-state index contributed by atoms with van der Waals surface area (Å²) in [7, 11) is 0. The number of anilines is 2. The maximum absolute atomic E-state index is 4.54. The van der Waals surface area contributed by atoms with E-state index in [1.807, 2.05) is 6.07 Å². The van der Waals surface area contributed by atoms with E-state index in [2.05, 4.69) is 55.1 Å². The molecule has 0 saturated carbocycles. The normalized spacial score (nSPS) is 13.1. The molecule has 0 atom stereocenters. The van der Waals surface area contributed by atoms with Gasteiger partial charge in [-0.1, -0.05) is 30.3 Å². The highest BCUT2D eigenvalue weighted by atomic mass is 15.2. The third-order valence-electron chi connectivity index (χ3n) is 3.69. The molecule has 0 fully saturated rings. The number of benzene rings is 1. The number of aromatic amines is 1. The van der Waals surface area contributed by atoms with Crippen molar-refractivity contribution in [2.24, 2.45) is 0 Å². The number of nitrogens with zero attached hydrogens (tertiary/aromatic N) is 3. The standard InChI is InChI=1S/C15H16N6/c1-2-4-10(5-3-1)6-8-17-15-18-13-12-11(7-9-16-13)20-21-14(12)19-15/h1-5H,6-9H2,(H3,16,17,18,19,20,21). The average molecular weight is 280 g/mol. The van der Waals surface area contributed by atoms with Gasteiger partial charge in [0.1, 0.15) is 5.82 Å². The van der Waals surface area contributed by atoms with Crippen molar-refractivity contribution in [2.75, 3.05) is 23.7 Å². The van der Waals surface area contributed by atoms with Gasteiger partial charge in [0.25, 0.3) is 0 Å². The lowest BCUT2D eigenvalue weighted by molar-refractivity contribution is 0.923. The highest BCUT2D eigenvalue weighted by molar-refractivity contribution is 5.91. The summed E-state index contributed by atoms with van der Waals surface area (Å²) in [6.07, 6.45) is 1.86. The summed E-state index contributed by atoms with van der Waals surface area (Å²) in [5.41, 5.74) is 3.15. The van der Waals surface area contributed by atoms with E-state index in [1.54, 1.807) is 0 Å². The number of H-pyrrole nitrogens is 1. The second kappa shape index (κ2) is 5.05. The molecule has 0 spiro atoms. The Balaban J connectivity index is 1.52. The third-order valence-corrected chi connectivity index (χ3v) is 3.69. The first-order chi connectivity index (χ1) is 10.4. The van der Waals surface area contributed by atoms with E-state index in [4.69, 9.17) is 0 Å². The zero-order valence-corrected chi connectivity index (χ0v) is 11.6. The van der Waals surface area contributed by atoms with Gasteiger partial charge in [-0.2, -0.15) is 15.1 Å². The highest BCUT2D eigenvalue weighted by Crippen LogP contribution is 2.27. The quantitative estimate of drug-likeness (QED) is 0.681. The Labute approximate surface area is 122 Å². The van der Waals surface area contributed by atoms with Gasteiger partial charge in [-0.25, -0.2) is 0 Å². The summed E-state index contributed by atoms with van der Waals surface area (Å²) in [5.74, 6) is 1.51. The zero-order valence-electron chi connectivity index (χ0n) is 11.6. The van der Waals surface area contributed by atoms with Crippen LogP contribution in [0.25, 0.3) is 11.0 Å². The van der Waals surface area contributed by atoms with Gasteiger partial charge >= 0.3 is 0 Å². The summed E-state index contributed by atoms with van der Waals surface area (Å²) >= 11 is 0. The first-order valence-electron chi connectivity index (χ1n) is 7.17. The first kappa shape index (κ1) is 12.1. The summed E-state index contributed by atoms with van der Waals surface area (Å²) in [4.78, 5) is 9.03. The van der Waals surface area contributed by atoms with Gasteiger partial charge in [-0.05, 0) is 12.0 Å². The van der Waals surface area contributed by atoms with Crippen LogP contribution in [0.5, 0.6) is 0 Å². The molecule has 1 aromatic carbocycles. The molecule has 0 saturated heterocycles. The van der Waals surface area contributed by atoms with Crippen molar-refractivity contribution in [3.63, 3.8) is 0 Å². The minimum atomic E-state index is 0.637. The Morgan fingerprint density at radius 2 is 2.05 bits per heavy atom. The lowest BCUT2D eigenvalue weighted by atomic mass is 10.1. The van der Waals surface area contributed by atoms with Gasteiger partial charge in [-0.3, -0.25) is 5.10 Å². The van der Waals surface area contributed by atoms with E-state index >= 15 is 0 Å². The molecule has 6 heteroatoms. The maximum Gasteiger partial charge on any atom is 0.226 e. The summed E-state index contributed by atoms with van der Waals surface area (Å²) in [6, 6.07) is 10.4. The molecular weight excluding hydrogens is 264 g/mol. The summed E-state index contributed by atoms with van der Waals surface area (Å²) in [5, 5.41) is 14.9. The van der Waals surface area contributed by atoms with E-state index in [-0.39, 0.29) is 0 Å². The second-order valence-corrected chi connectivity index (χ2v) is 5.13. The highest BCUT2D eigenvalue weighted by Gasteiger charge is 2.18. The smallest absolute Gasteiger partial charge is 0.226 e. The predicted octanol–water partition coefficient (Wildman–Crippen LogP) is 1.98. The lowest BCUT2D eigenvalue weighted by Crippen LogP contribution is -2.14. The van der Waals surface area contributed by atoms with Crippen LogP contribution in [0.4, 0.5) is 11.8 Å². The fraction of sp³-hybridized carbons (Fsp3) is 0.267. The van der Waals surface area contributed by atoms with Crippen LogP contribution in [0.15, 0.2) is 30.3 Å². The average Bonchev–Trinajstić information content (AvgIpc) is 2.93. The molecule has 21 heavy (non-hydrogen) atoms. The van der Waals surface area contributed by atoms with E-state index in [1.165, 1.54) is 5.56 Å². The Bertz CT molecular complexity index is 764. The minimum absolute atomic E-state index is 0.637. The molecule has 2 aromatic heterocycles. The molecule has 1 aliphatic rings. The molecule has 0 amide bonds. The molecule has 6 nitrogen and oxygen atoms in total. The van der Waals surface area contributed by atoms with Gasteiger partial charge in [0.2, 0.25) is 5.95 Å². The molecule has 0 unspecified atom stereocenters. The number of aromatic nitrogens is 4. The van der Waals surface area contributed by atoms with Crippen LogP contribution >= 0.6 is 0 Å². The van der Waals surface area contributed by atoms with Crippen LogP contribution in [0, 0.1) is 0 Å². The number of rotatable bonds is 4. The zero-order chi connectivity index (χ0) is 14.1. The van der Waals surface area contributed by atoms with Crippen molar-refractivity contribution in [3.05, 3.63) is 41.6 Å². The van der Waals surface area contributed by atoms with Crippen LogP contribution < -0.4 is 10.6 Å². The topological polar surface area (TPSA) is 78.5 Å². The van der Waals surface area contributed by atoms with Crippen LogP contribution in [-0.4, -0.2) is 33.3 Å². The van der Waals surface area contributed by atoms with E-state index in [9.17, 15) is 0 Å². The van der Waals surface area contributed by atoms with Crippen LogP contribution in [0.3, 0.4) is 0 Å². The molecule has 106 valence electrons. The fourth-order valence-electron chi connectivity index (χ4n) is 2.64. The molecule has 0 aliphatic carbocycles. The Hall–Kier alpha value is -2.63. The lowest BCUT2D eigenvalue weighted by Gasteiger charge is -2.13. The van der Waals surface area contributed by atoms with E-state index in [0.29, 0.717) is 5.95 Å². The van der Waals surface area contributed by atoms with Crippen molar-refractivity contribution in [3.8, 4) is 0 Å². The summed E-state index contributed by atoms with van der Waals surface area (Å²) < 4.78 is 0. The molecule has 3 aromatic rings.